The van der Waals surface area contributed by atoms with E-state index in [0.717, 1.165) is 46.2 Å². The minimum absolute atomic E-state index is 0.0521. The normalized spacial score (nSPS) is 15.1. The predicted octanol–water partition coefficient (Wildman–Crippen LogP) is 14.4. The van der Waals surface area contributed by atoms with E-state index in [1.54, 1.807) is 0 Å². The molecule has 1 spiro atoms. The molecular formula is C62H47BN2O. The van der Waals surface area contributed by atoms with E-state index < -0.39 is 5.41 Å². The van der Waals surface area contributed by atoms with Crippen molar-refractivity contribution in [1.82, 2.24) is 0 Å². The van der Waals surface area contributed by atoms with E-state index in [1.807, 2.05) is 0 Å². The molecule has 4 aliphatic rings. The van der Waals surface area contributed by atoms with Gasteiger partial charge in [0.1, 0.15) is 11.2 Å². The van der Waals surface area contributed by atoms with E-state index in [4.69, 9.17) is 4.42 Å². The Bertz CT molecular complexity index is 3690. The fraction of sp³-hybridized carbons (Fsp3) is 0.129. The van der Waals surface area contributed by atoms with Crippen LogP contribution in [0, 0.1) is 0 Å². The Balaban J connectivity index is 1.10. The number of para-hydroxylation sites is 3. The number of nitrogens with zero attached hydrogens (tertiary/aromatic N) is 1. The minimum Gasteiger partial charge on any atom is -0.455 e. The number of nitrogens with one attached hydrogen (secondary N) is 1. The molecule has 0 saturated carbocycles. The van der Waals surface area contributed by atoms with Gasteiger partial charge < -0.3 is 14.6 Å². The molecule has 1 N–H and O–H groups in total. The SMILES string of the molecule is CC(C)(C)c1ccc(Nc2ccc3c(c2-c2c4c(cc5c2oc2ccccc25)N2c5ccccc5C5(c6ccccc6-c6ccccc65)c5cccc(c52)B4)C(C)(C)c2ccccc2-3)cc1. The van der Waals surface area contributed by atoms with Gasteiger partial charge in [-0.25, -0.2) is 0 Å². The van der Waals surface area contributed by atoms with Gasteiger partial charge in [-0.1, -0.05) is 186 Å². The fourth-order valence-electron chi connectivity index (χ4n) is 12.8. The summed E-state index contributed by atoms with van der Waals surface area (Å²) in [6.45, 7) is 11.6. The van der Waals surface area contributed by atoms with Crippen molar-refractivity contribution >= 4 is 68.6 Å². The van der Waals surface area contributed by atoms with Gasteiger partial charge in [0.25, 0.3) is 0 Å². The van der Waals surface area contributed by atoms with Crippen LogP contribution in [-0.4, -0.2) is 7.28 Å². The van der Waals surface area contributed by atoms with E-state index in [0.29, 0.717) is 0 Å². The highest BCUT2D eigenvalue weighted by atomic mass is 16.3. The van der Waals surface area contributed by atoms with Crippen LogP contribution in [0.1, 0.15) is 73.6 Å². The lowest BCUT2D eigenvalue weighted by atomic mass is 9.54. The van der Waals surface area contributed by atoms with Crippen molar-refractivity contribution in [2.24, 2.45) is 0 Å². The van der Waals surface area contributed by atoms with Gasteiger partial charge in [0.05, 0.1) is 11.1 Å². The van der Waals surface area contributed by atoms with Crippen LogP contribution < -0.4 is 21.1 Å². The fourth-order valence-corrected chi connectivity index (χ4v) is 12.8. The Hall–Kier alpha value is -7.56. The Morgan fingerprint density at radius 1 is 0.530 bits per heavy atom. The molecule has 0 fully saturated rings. The molecule has 3 heterocycles. The topological polar surface area (TPSA) is 28.4 Å². The lowest BCUT2D eigenvalue weighted by Crippen LogP contribution is -2.47. The third kappa shape index (κ3) is 4.78. The van der Waals surface area contributed by atoms with Crippen LogP contribution in [0.25, 0.3) is 55.3 Å². The van der Waals surface area contributed by atoms with Crippen LogP contribution in [0.3, 0.4) is 0 Å². The van der Waals surface area contributed by atoms with Crippen molar-refractivity contribution in [3.8, 4) is 33.4 Å². The van der Waals surface area contributed by atoms with Crippen LogP contribution in [0.15, 0.2) is 186 Å². The largest absolute Gasteiger partial charge is 0.455 e. The molecule has 3 nitrogen and oxygen atoms in total. The zero-order valence-electron chi connectivity index (χ0n) is 37.9. The number of hydrogen-bond donors (Lipinski definition) is 1. The molecule has 2 aliphatic heterocycles. The third-order valence-electron chi connectivity index (χ3n) is 15.6. The summed E-state index contributed by atoms with van der Waals surface area (Å²) in [4.78, 5) is 2.62. The van der Waals surface area contributed by atoms with Crippen LogP contribution in [0.2, 0.25) is 0 Å². The number of anilines is 5. The molecule has 1 aromatic heterocycles. The molecule has 0 amide bonds. The highest BCUT2D eigenvalue weighted by molar-refractivity contribution is 6.74. The highest BCUT2D eigenvalue weighted by Crippen LogP contribution is 2.64. The van der Waals surface area contributed by atoms with Gasteiger partial charge in [0.15, 0.2) is 7.28 Å². The second-order valence-corrected chi connectivity index (χ2v) is 20.4. The van der Waals surface area contributed by atoms with Crippen molar-refractivity contribution in [3.05, 3.63) is 221 Å². The molecule has 0 saturated heterocycles. The quantitative estimate of drug-likeness (QED) is 0.180. The molecule has 0 bridgehead atoms. The summed E-state index contributed by atoms with van der Waals surface area (Å²) in [6, 6.07) is 68.3. The molecule has 14 rings (SSSR count). The third-order valence-corrected chi connectivity index (χ3v) is 15.6. The Morgan fingerprint density at radius 2 is 1.15 bits per heavy atom. The maximum Gasteiger partial charge on any atom is 0.198 e. The molecule has 0 unspecified atom stereocenters. The number of benzene rings is 9. The number of rotatable bonds is 3. The van der Waals surface area contributed by atoms with E-state index in [1.165, 1.54) is 94.7 Å². The van der Waals surface area contributed by atoms with Crippen LogP contribution in [-0.2, 0) is 16.2 Å². The second kappa shape index (κ2) is 13.0. The van der Waals surface area contributed by atoms with Crippen molar-refractivity contribution in [3.63, 3.8) is 0 Å². The number of fused-ring (bicyclic) bond motifs is 17. The molecule has 0 atom stereocenters. The van der Waals surface area contributed by atoms with Gasteiger partial charge in [0.2, 0.25) is 0 Å². The number of furan rings is 1. The van der Waals surface area contributed by atoms with E-state index in [9.17, 15) is 0 Å². The average Bonchev–Trinajstić information content (AvgIpc) is 3.93. The predicted molar refractivity (Wildman–Crippen MR) is 277 cm³/mol. The molecule has 9 aromatic carbocycles. The first kappa shape index (κ1) is 37.8. The Morgan fingerprint density at radius 3 is 1.88 bits per heavy atom. The summed E-state index contributed by atoms with van der Waals surface area (Å²) in [5.41, 5.74) is 26.4. The summed E-state index contributed by atoms with van der Waals surface area (Å²) in [5, 5.41) is 6.28. The van der Waals surface area contributed by atoms with Crippen LogP contribution in [0.4, 0.5) is 28.4 Å². The Labute approximate surface area is 386 Å². The van der Waals surface area contributed by atoms with Crippen molar-refractivity contribution in [1.29, 1.82) is 0 Å². The zero-order chi connectivity index (χ0) is 44.3. The lowest BCUT2D eigenvalue weighted by Gasteiger charge is -2.48. The first-order chi connectivity index (χ1) is 32.1. The average molecular weight is 847 g/mol. The maximum absolute atomic E-state index is 7.24. The first-order valence-corrected chi connectivity index (χ1v) is 23.5. The number of hydrogen-bond acceptors (Lipinski definition) is 3. The smallest absolute Gasteiger partial charge is 0.198 e. The Kier molecular flexibility index (Phi) is 7.47. The lowest BCUT2D eigenvalue weighted by molar-refractivity contribution is 0.590. The summed E-state index contributed by atoms with van der Waals surface area (Å²) < 4.78 is 7.24. The van der Waals surface area contributed by atoms with E-state index in [-0.39, 0.29) is 10.8 Å². The summed E-state index contributed by atoms with van der Waals surface area (Å²) in [5.74, 6) is 0. The minimum atomic E-state index is -0.478. The second-order valence-electron chi connectivity index (χ2n) is 20.4. The van der Waals surface area contributed by atoms with Gasteiger partial charge in [-0.3, -0.25) is 0 Å². The van der Waals surface area contributed by atoms with Gasteiger partial charge in [0, 0.05) is 50.1 Å². The molecule has 2 aliphatic carbocycles. The van der Waals surface area contributed by atoms with Gasteiger partial charge in [-0.15, -0.1) is 0 Å². The zero-order valence-corrected chi connectivity index (χ0v) is 37.9. The maximum atomic E-state index is 7.24. The standard InChI is InChI=1S/C62H47BN2O/c1-60(2,3)36-29-31-37(32-30-36)64-50-34-33-42-40-19-6-10-21-44(40)61(4,5)56(42)54(50)55-57-52(35-43-41-20-9-15-28-53(41)66-59(43)55)65-51-27-14-13-24-47(51)62(48-25-16-26-49(63-57)58(48)65)45-22-11-7-17-38(45)39-18-8-12-23-46(39)62/h6-35,63-64H,1-5H3. The summed E-state index contributed by atoms with van der Waals surface area (Å²) in [6.07, 6.45) is 0. The van der Waals surface area contributed by atoms with Gasteiger partial charge >= 0.3 is 0 Å². The van der Waals surface area contributed by atoms with Crippen molar-refractivity contribution in [2.75, 3.05) is 10.2 Å². The first-order valence-electron chi connectivity index (χ1n) is 23.5. The molecule has 0 radical (unpaired) electrons. The molecule has 66 heavy (non-hydrogen) atoms. The monoisotopic (exact) mass is 846 g/mol. The summed E-state index contributed by atoms with van der Waals surface area (Å²) in [7, 11) is 0.746. The molecule has 4 heteroatoms. The van der Waals surface area contributed by atoms with E-state index >= 15 is 0 Å². The molecular weight excluding hydrogens is 800 g/mol. The molecule has 314 valence electrons. The van der Waals surface area contributed by atoms with Crippen LogP contribution >= 0.6 is 0 Å². The van der Waals surface area contributed by atoms with Crippen molar-refractivity contribution in [2.45, 2.75) is 50.9 Å². The van der Waals surface area contributed by atoms with Gasteiger partial charge in [-0.2, -0.15) is 0 Å². The van der Waals surface area contributed by atoms with Crippen LogP contribution in [0.5, 0.6) is 0 Å². The molecule has 10 aromatic rings. The van der Waals surface area contributed by atoms with Gasteiger partial charge in [-0.05, 0) is 108 Å². The summed E-state index contributed by atoms with van der Waals surface area (Å²) >= 11 is 0. The van der Waals surface area contributed by atoms with Crippen molar-refractivity contribution < 1.29 is 4.42 Å². The highest BCUT2D eigenvalue weighted by Gasteiger charge is 2.53. The van der Waals surface area contributed by atoms with E-state index in [2.05, 4.69) is 227 Å².